The SMILES string of the molecule is CCNC(=NCC1(c2ccc(OCC)cc2)CCOCC1)N1CCC(OCC)CC1.I. The normalized spacial score (nSPS) is 19.6. The summed E-state index contributed by atoms with van der Waals surface area (Å²) in [6, 6.07) is 8.60. The third-order valence-corrected chi connectivity index (χ3v) is 6.24. The van der Waals surface area contributed by atoms with Crippen LogP contribution in [-0.2, 0) is 14.9 Å². The Morgan fingerprint density at radius 1 is 1.10 bits per heavy atom. The highest BCUT2D eigenvalue weighted by Crippen LogP contribution is 2.36. The fraction of sp³-hybridized carbons (Fsp3) is 0.708. The maximum Gasteiger partial charge on any atom is 0.193 e. The lowest BCUT2D eigenvalue weighted by Crippen LogP contribution is -2.48. The quantitative estimate of drug-likeness (QED) is 0.301. The molecule has 0 saturated carbocycles. The molecule has 2 aliphatic rings. The molecule has 0 amide bonds. The Morgan fingerprint density at radius 3 is 2.35 bits per heavy atom. The van der Waals surface area contributed by atoms with Crippen LogP contribution in [0.1, 0.15) is 52.0 Å². The average Bonchev–Trinajstić information content (AvgIpc) is 2.79. The number of halogens is 1. The van der Waals surface area contributed by atoms with E-state index >= 15 is 0 Å². The van der Waals surface area contributed by atoms with E-state index in [1.807, 2.05) is 6.92 Å². The summed E-state index contributed by atoms with van der Waals surface area (Å²) in [7, 11) is 0. The standard InChI is InChI=1S/C24H39N3O3.HI/c1-4-25-23(27-15-11-22(12-16-27)30-6-3)26-19-24(13-17-28-18-14-24)20-7-9-21(10-8-20)29-5-2;/h7-10,22H,4-6,11-19H2,1-3H3,(H,25,26);1H. The summed E-state index contributed by atoms with van der Waals surface area (Å²) in [6.07, 6.45) is 4.51. The molecule has 2 heterocycles. The Morgan fingerprint density at radius 2 is 1.77 bits per heavy atom. The largest absolute Gasteiger partial charge is 0.494 e. The predicted octanol–water partition coefficient (Wildman–Crippen LogP) is 4.22. The number of likely N-dealkylation sites (tertiary alicyclic amines) is 1. The lowest BCUT2D eigenvalue weighted by Gasteiger charge is -2.38. The van der Waals surface area contributed by atoms with E-state index in [1.54, 1.807) is 0 Å². The molecule has 0 bridgehead atoms. The van der Waals surface area contributed by atoms with E-state index in [0.717, 1.165) is 83.4 Å². The third kappa shape index (κ3) is 7.22. The molecular weight excluding hydrogens is 505 g/mol. The number of nitrogens with one attached hydrogen (secondary N) is 1. The summed E-state index contributed by atoms with van der Waals surface area (Å²) in [5.74, 6) is 1.96. The van der Waals surface area contributed by atoms with Gasteiger partial charge in [0.1, 0.15) is 5.75 Å². The molecule has 0 spiro atoms. The molecule has 0 aromatic heterocycles. The molecule has 3 rings (SSSR count). The van der Waals surface area contributed by atoms with E-state index in [9.17, 15) is 0 Å². The first kappa shape index (κ1) is 26.2. The molecule has 2 aliphatic heterocycles. The van der Waals surface area contributed by atoms with Crippen LogP contribution in [0.2, 0.25) is 0 Å². The van der Waals surface area contributed by atoms with Crippen molar-refractivity contribution < 1.29 is 14.2 Å². The number of ether oxygens (including phenoxy) is 3. The molecule has 0 radical (unpaired) electrons. The lowest BCUT2D eigenvalue weighted by atomic mass is 9.74. The van der Waals surface area contributed by atoms with Gasteiger partial charge in [0.25, 0.3) is 0 Å². The van der Waals surface area contributed by atoms with Crippen LogP contribution in [0, 0.1) is 0 Å². The van der Waals surface area contributed by atoms with E-state index in [0.29, 0.717) is 12.7 Å². The van der Waals surface area contributed by atoms with E-state index in [1.165, 1.54) is 5.56 Å². The summed E-state index contributed by atoms with van der Waals surface area (Å²) in [6.45, 7) is 12.9. The number of hydrogen-bond acceptors (Lipinski definition) is 4. The van der Waals surface area contributed by atoms with Gasteiger partial charge in [0.05, 0.1) is 19.3 Å². The van der Waals surface area contributed by atoms with Gasteiger partial charge in [0.2, 0.25) is 0 Å². The second-order valence-corrected chi connectivity index (χ2v) is 8.16. The van der Waals surface area contributed by atoms with Gasteiger partial charge < -0.3 is 24.4 Å². The number of hydrogen-bond donors (Lipinski definition) is 1. The topological polar surface area (TPSA) is 55.3 Å². The van der Waals surface area contributed by atoms with E-state index in [2.05, 4.69) is 48.3 Å². The molecule has 6 nitrogen and oxygen atoms in total. The summed E-state index contributed by atoms with van der Waals surface area (Å²) in [5.41, 5.74) is 1.36. The Hall–Kier alpha value is -1.06. The summed E-state index contributed by atoms with van der Waals surface area (Å²) >= 11 is 0. The highest BCUT2D eigenvalue weighted by Gasteiger charge is 2.35. The van der Waals surface area contributed by atoms with Gasteiger partial charge in [-0.2, -0.15) is 0 Å². The summed E-state index contributed by atoms with van der Waals surface area (Å²) < 4.78 is 17.2. The lowest BCUT2D eigenvalue weighted by molar-refractivity contribution is 0.0262. The van der Waals surface area contributed by atoms with Crippen LogP contribution >= 0.6 is 24.0 Å². The Kier molecular flexibility index (Phi) is 11.4. The number of guanidine groups is 1. The third-order valence-electron chi connectivity index (χ3n) is 6.24. The van der Waals surface area contributed by atoms with Crippen molar-refractivity contribution in [1.82, 2.24) is 10.2 Å². The van der Waals surface area contributed by atoms with Crippen LogP contribution in [0.3, 0.4) is 0 Å². The van der Waals surface area contributed by atoms with Gasteiger partial charge in [0, 0.05) is 44.9 Å². The molecule has 0 atom stereocenters. The van der Waals surface area contributed by atoms with E-state index < -0.39 is 0 Å². The highest BCUT2D eigenvalue weighted by molar-refractivity contribution is 14.0. The maximum absolute atomic E-state index is 5.82. The first-order chi connectivity index (χ1) is 14.7. The van der Waals surface area contributed by atoms with Gasteiger partial charge in [-0.25, -0.2) is 0 Å². The second kappa shape index (κ2) is 13.5. The highest BCUT2D eigenvalue weighted by atomic mass is 127. The van der Waals surface area contributed by atoms with Crippen molar-refractivity contribution >= 4 is 29.9 Å². The zero-order chi connectivity index (χ0) is 21.2. The fourth-order valence-electron chi connectivity index (χ4n) is 4.49. The van der Waals surface area contributed by atoms with Crippen LogP contribution in [0.5, 0.6) is 5.75 Å². The average molecular weight is 546 g/mol. The van der Waals surface area contributed by atoms with Crippen molar-refractivity contribution in [2.75, 3.05) is 52.6 Å². The van der Waals surface area contributed by atoms with Crippen molar-refractivity contribution in [3.63, 3.8) is 0 Å². The van der Waals surface area contributed by atoms with Crippen molar-refractivity contribution in [2.24, 2.45) is 4.99 Å². The minimum atomic E-state index is 0. The molecule has 1 aromatic carbocycles. The van der Waals surface area contributed by atoms with Crippen molar-refractivity contribution in [2.45, 2.75) is 58.0 Å². The van der Waals surface area contributed by atoms with E-state index in [4.69, 9.17) is 19.2 Å². The van der Waals surface area contributed by atoms with Gasteiger partial charge in [-0.15, -0.1) is 24.0 Å². The molecule has 31 heavy (non-hydrogen) atoms. The summed E-state index contributed by atoms with van der Waals surface area (Å²) in [4.78, 5) is 7.54. The molecule has 0 aliphatic carbocycles. The molecule has 0 unspecified atom stereocenters. The van der Waals surface area contributed by atoms with Gasteiger partial charge in [0.15, 0.2) is 5.96 Å². The predicted molar refractivity (Wildman–Crippen MR) is 137 cm³/mol. The monoisotopic (exact) mass is 545 g/mol. The van der Waals surface area contributed by atoms with Gasteiger partial charge in [-0.1, -0.05) is 12.1 Å². The molecule has 2 saturated heterocycles. The van der Waals surface area contributed by atoms with Crippen molar-refractivity contribution in [1.29, 1.82) is 0 Å². The minimum absolute atomic E-state index is 0. The Balaban J connectivity index is 0.00000341. The number of rotatable bonds is 8. The summed E-state index contributed by atoms with van der Waals surface area (Å²) in [5, 5.41) is 3.52. The number of piperidine rings is 1. The van der Waals surface area contributed by atoms with Crippen LogP contribution in [0.4, 0.5) is 0 Å². The molecule has 1 N–H and O–H groups in total. The zero-order valence-electron chi connectivity index (χ0n) is 19.4. The molecule has 176 valence electrons. The van der Waals surface area contributed by atoms with Crippen LogP contribution in [0.25, 0.3) is 0 Å². The van der Waals surface area contributed by atoms with Gasteiger partial charge >= 0.3 is 0 Å². The molecular formula is C24H40IN3O3. The Bertz CT molecular complexity index is 655. The van der Waals surface area contributed by atoms with Crippen LogP contribution < -0.4 is 10.1 Å². The van der Waals surface area contributed by atoms with Crippen LogP contribution in [-0.4, -0.2) is 69.6 Å². The first-order valence-electron chi connectivity index (χ1n) is 11.7. The number of benzene rings is 1. The minimum Gasteiger partial charge on any atom is -0.494 e. The van der Waals surface area contributed by atoms with Gasteiger partial charge in [-0.05, 0) is 64.2 Å². The maximum atomic E-state index is 5.82. The van der Waals surface area contributed by atoms with Crippen molar-refractivity contribution in [3.8, 4) is 5.75 Å². The van der Waals surface area contributed by atoms with E-state index in [-0.39, 0.29) is 29.4 Å². The molecule has 1 aromatic rings. The van der Waals surface area contributed by atoms with Gasteiger partial charge in [-0.3, -0.25) is 4.99 Å². The first-order valence-corrected chi connectivity index (χ1v) is 11.7. The smallest absolute Gasteiger partial charge is 0.193 e. The molecule has 2 fully saturated rings. The Labute approximate surface area is 205 Å². The molecule has 7 heteroatoms. The number of aliphatic imine (C=N–C) groups is 1. The van der Waals surface area contributed by atoms with Crippen molar-refractivity contribution in [3.05, 3.63) is 29.8 Å². The zero-order valence-corrected chi connectivity index (χ0v) is 21.7. The fourth-order valence-corrected chi connectivity index (χ4v) is 4.49. The number of nitrogens with zero attached hydrogens (tertiary/aromatic N) is 2. The van der Waals surface area contributed by atoms with Crippen LogP contribution in [0.15, 0.2) is 29.3 Å². The second-order valence-electron chi connectivity index (χ2n) is 8.16.